The molecule has 158 valence electrons. The Hall–Kier alpha value is -2.91. The Balaban J connectivity index is 1.51. The average molecular weight is 502 g/mol. The molecule has 1 saturated heterocycles. The Morgan fingerprint density at radius 2 is 1.90 bits per heavy atom. The quantitative estimate of drug-likeness (QED) is 0.494. The van der Waals surface area contributed by atoms with E-state index in [0.717, 1.165) is 4.47 Å². The van der Waals surface area contributed by atoms with Crippen molar-refractivity contribution in [3.8, 4) is 0 Å². The van der Waals surface area contributed by atoms with Gasteiger partial charge < -0.3 is 9.73 Å². The molecule has 4 rings (SSSR count). The SMILES string of the molecule is O=C(CC1SC(=Nc2ccc(F)cc2)N(Cc2ccco2)C1=O)Nc1ccc(Br)cc1. The first-order valence-electron chi connectivity index (χ1n) is 9.38. The molecule has 1 aliphatic heterocycles. The lowest BCUT2D eigenvalue weighted by molar-refractivity contribution is -0.128. The summed E-state index contributed by atoms with van der Waals surface area (Å²) in [5, 5.41) is 2.62. The van der Waals surface area contributed by atoms with Crippen LogP contribution in [0.25, 0.3) is 0 Å². The van der Waals surface area contributed by atoms with Crippen LogP contribution in [0.3, 0.4) is 0 Å². The van der Waals surface area contributed by atoms with E-state index in [4.69, 9.17) is 4.42 Å². The number of furan rings is 1. The van der Waals surface area contributed by atoms with E-state index in [9.17, 15) is 14.0 Å². The Kier molecular flexibility index (Phi) is 6.53. The van der Waals surface area contributed by atoms with E-state index in [1.807, 2.05) is 12.1 Å². The van der Waals surface area contributed by atoms with Crippen LogP contribution in [-0.4, -0.2) is 27.1 Å². The van der Waals surface area contributed by atoms with Crippen LogP contribution in [0.15, 0.2) is 80.8 Å². The summed E-state index contributed by atoms with van der Waals surface area (Å²) in [5.41, 5.74) is 1.16. The summed E-state index contributed by atoms with van der Waals surface area (Å²) >= 11 is 4.56. The molecule has 2 aromatic carbocycles. The molecular weight excluding hydrogens is 485 g/mol. The van der Waals surface area contributed by atoms with Gasteiger partial charge in [0.05, 0.1) is 18.5 Å². The molecule has 3 aromatic rings. The van der Waals surface area contributed by atoms with Gasteiger partial charge in [0.25, 0.3) is 0 Å². The van der Waals surface area contributed by atoms with Gasteiger partial charge in [0.1, 0.15) is 16.8 Å². The summed E-state index contributed by atoms with van der Waals surface area (Å²) in [5.74, 6) is -0.267. The summed E-state index contributed by atoms with van der Waals surface area (Å²) < 4.78 is 19.5. The van der Waals surface area contributed by atoms with Crippen LogP contribution < -0.4 is 5.32 Å². The fourth-order valence-electron chi connectivity index (χ4n) is 2.97. The number of nitrogens with zero attached hydrogens (tertiary/aromatic N) is 2. The molecule has 1 N–H and O–H groups in total. The minimum Gasteiger partial charge on any atom is -0.467 e. The summed E-state index contributed by atoms with van der Waals surface area (Å²) in [6.07, 6.45) is 1.53. The van der Waals surface area contributed by atoms with Gasteiger partial charge in [-0.15, -0.1) is 0 Å². The highest BCUT2D eigenvalue weighted by molar-refractivity contribution is 9.10. The van der Waals surface area contributed by atoms with Gasteiger partial charge >= 0.3 is 0 Å². The molecular formula is C22H17BrFN3O3S. The fourth-order valence-corrected chi connectivity index (χ4v) is 4.39. The van der Waals surface area contributed by atoms with Crippen molar-refractivity contribution in [1.82, 2.24) is 4.90 Å². The van der Waals surface area contributed by atoms with Crippen molar-refractivity contribution in [2.24, 2.45) is 4.99 Å². The third kappa shape index (κ3) is 5.42. The van der Waals surface area contributed by atoms with Crippen molar-refractivity contribution in [2.45, 2.75) is 18.2 Å². The first kappa shape index (κ1) is 21.3. The van der Waals surface area contributed by atoms with Crippen LogP contribution in [-0.2, 0) is 16.1 Å². The Morgan fingerprint density at radius 1 is 1.16 bits per heavy atom. The minimum atomic E-state index is -0.621. The number of carbonyl (C=O) groups excluding carboxylic acids is 2. The largest absolute Gasteiger partial charge is 0.467 e. The molecule has 0 aliphatic carbocycles. The van der Waals surface area contributed by atoms with Crippen molar-refractivity contribution >= 4 is 56.0 Å². The highest BCUT2D eigenvalue weighted by atomic mass is 79.9. The van der Waals surface area contributed by atoms with Crippen molar-refractivity contribution in [3.05, 3.63) is 83.0 Å². The average Bonchev–Trinajstić information content (AvgIpc) is 3.36. The lowest BCUT2D eigenvalue weighted by Gasteiger charge is -2.15. The molecule has 2 heterocycles. The van der Waals surface area contributed by atoms with Crippen molar-refractivity contribution in [1.29, 1.82) is 0 Å². The van der Waals surface area contributed by atoms with Crippen LogP contribution in [0.2, 0.25) is 0 Å². The number of amides is 2. The maximum Gasteiger partial charge on any atom is 0.243 e. The number of aliphatic imine (C=N–C) groups is 1. The van der Waals surface area contributed by atoms with Crippen molar-refractivity contribution in [3.63, 3.8) is 0 Å². The molecule has 1 aromatic heterocycles. The van der Waals surface area contributed by atoms with Crippen LogP contribution >= 0.6 is 27.7 Å². The van der Waals surface area contributed by atoms with E-state index in [0.29, 0.717) is 22.3 Å². The van der Waals surface area contributed by atoms with Crippen LogP contribution in [0.4, 0.5) is 15.8 Å². The zero-order chi connectivity index (χ0) is 21.8. The summed E-state index contributed by atoms with van der Waals surface area (Å²) in [6.45, 7) is 0.198. The number of nitrogens with one attached hydrogen (secondary N) is 1. The monoisotopic (exact) mass is 501 g/mol. The first-order chi connectivity index (χ1) is 15.0. The lowest BCUT2D eigenvalue weighted by Crippen LogP contribution is -2.33. The number of thioether (sulfide) groups is 1. The highest BCUT2D eigenvalue weighted by Crippen LogP contribution is 2.33. The van der Waals surface area contributed by atoms with Crippen LogP contribution in [0.1, 0.15) is 12.2 Å². The molecule has 31 heavy (non-hydrogen) atoms. The molecule has 0 bridgehead atoms. The Labute approximate surface area is 190 Å². The van der Waals surface area contributed by atoms with Crippen LogP contribution in [0.5, 0.6) is 0 Å². The maximum atomic E-state index is 13.2. The molecule has 1 fully saturated rings. The van der Waals surface area contributed by atoms with Gasteiger partial charge in [-0.1, -0.05) is 27.7 Å². The van der Waals surface area contributed by atoms with Gasteiger partial charge in [-0.3, -0.25) is 14.5 Å². The number of hydrogen-bond donors (Lipinski definition) is 1. The standard InChI is InChI=1S/C22H17BrFN3O3S/c23-14-3-7-16(8-4-14)25-20(28)12-19-21(29)27(13-18-2-1-11-30-18)22(31-19)26-17-9-5-15(24)6-10-17/h1-11,19H,12-13H2,(H,25,28). The number of carbonyl (C=O) groups is 2. The Bertz CT molecular complexity index is 1100. The Morgan fingerprint density at radius 3 is 2.58 bits per heavy atom. The maximum absolute atomic E-state index is 13.2. The molecule has 1 unspecified atom stereocenters. The topological polar surface area (TPSA) is 74.9 Å². The normalized spacial score (nSPS) is 17.4. The summed E-state index contributed by atoms with van der Waals surface area (Å²) in [6, 6.07) is 16.4. The van der Waals surface area contributed by atoms with Gasteiger partial charge in [0.2, 0.25) is 11.8 Å². The molecule has 6 nitrogen and oxygen atoms in total. The van der Waals surface area contributed by atoms with E-state index in [1.165, 1.54) is 47.2 Å². The van der Waals surface area contributed by atoms with Gasteiger partial charge in [0.15, 0.2) is 5.17 Å². The molecule has 9 heteroatoms. The zero-order valence-corrected chi connectivity index (χ0v) is 18.5. The van der Waals surface area contributed by atoms with Gasteiger partial charge in [-0.05, 0) is 60.7 Å². The highest BCUT2D eigenvalue weighted by Gasteiger charge is 2.39. The first-order valence-corrected chi connectivity index (χ1v) is 11.1. The molecule has 1 atom stereocenters. The number of rotatable bonds is 6. The molecule has 1 aliphatic rings. The van der Waals surface area contributed by atoms with Crippen molar-refractivity contribution < 1.29 is 18.4 Å². The molecule has 0 spiro atoms. The predicted molar refractivity (Wildman–Crippen MR) is 122 cm³/mol. The third-order valence-electron chi connectivity index (χ3n) is 4.46. The number of hydrogen-bond acceptors (Lipinski definition) is 5. The third-order valence-corrected chi connectivity index (χ3v) is 6.17. The summed E-state index contributed by atoms with van der Waals surface area (Å²) in [7, 11) is 0. The molecule has 0 radical (unpaired) electrons. The summed E-state index contributed by atoms with van der Waals surface area (Å²) in [4.78, 5) is 31.6. The second-order valence-electron chi connectivity index (χ2n) is 6.74. The molecule has 2 amide bonds. The second-order valence-corrected chi connectivity index (χ2v) is 8.83. The predicted octanol–water partition coefficient (Wildman–Crippen LogP) is 5.34. The van der Waals surface area contributed by atoms with E-state index in [2.05, 4.69) is 26.2 Å². The number of benzene rings is 2. The van der Waals surface area contributed by atoms with E-state index in [1.54, 1.807) is 24.3 Å². The number of halogens is 2. The van der Waals surface area contributed by atoms with E-state index < -0.39 is 5.25 Å². The van der Waals surface area contributed by atoms with Gasteiger partial charge in [-0.2, -0.15) is 0 Å². The van der Waals surface area contributed by atoms with E-state index >= 15 is 0 Å². The number of amidine groups is 1. The van der Waals surface area contributed by atoms with E-state index in [-0.39, 0.29) is 30.6 Å². The second kappa shape index (κ2) is 9.49. The fraction of sp³-hybridized carbons (Fsp3) is 0.136. The smallest absolute Gasteiger partial charge is 0.243 e. The van der Waals surface area contributed by atoms with Gasteiger partial charge in [-0.25, -0.2) is 9.38 Å². The number of anilines is 1. The van der Waals surface area contributed by atoms with Crippen LogP contribution in [0, 0.1) is 5.82 Å². The zero-order valence-electron chi connectivity index (χ0n) is 16.1. The van der Waals surface area contributed by atoms with Gasteiger partial charge in [0, 0.05) is 16.6 Å². The van der Waals surface area contributed by atoms with Crippen molar-refractivity contribution in [2.75, 3.05) is 5.32 Å². The minimum absolute atomic E-state index is 0.00332. The lowest BCUT2D eigenvalue weighted by atomic mass is 10.2. The molecule has 0 saturated carbocycles.